The van der Waals surface area contributed by atoms with E-state index < -0.39 is 5.60 Å². The lowest BCUT2D eigenvalue weighted by Gasteiger charge is -2.28. The third-order valence-corrected chi connectivity index (χ3v) is 3.18. The Bertz CT molecular complexity index is 496. The van der Waals surface area contributed by atoms with E-state index in [1.54, 1.807) is 19.2 Å². The van der Waals surface area contributed by atoms with Gasteiger partial charge < -0.3 is 9.84 Å². The third kappa shape index (κ3) is 2.56. The summed E-state index contributed by atoms with van der Waals surface area (Å²) in [5.41, 5.74) is 0.412. The molecule has 1 unspecified atom stereocenters. The summed E-state index contributed by atoms with van der Waals surface area (Å²) >= 11 is 5.87. The molecule has 1 atom stereocenters. The summed E-state index contributed by atoms with van der Waals surface area (Å²) in [7, 11) is 1.57. The molecular weight excluding hydrogens is 248 g/mol. The summed E-state index contributed by atoms with van der Waals surface area (Å²) in [6, 6.07) is 16.6. The van der Waals surface area contributed by atoms with Crippen molar-refractivity contribution in [3.63, 3.8) is 0 Å². The Balaban J connectivity index is 2.47. The topological polar surface area (TPSA) is 29.5 Å². The van der Waals surface area contributed by atoms with Crippen LogP contribution in [0.2, 0.25) is 5.02 Å². The number of methoxy groups -OCH3 is 1. The lowest BCUT2D eigenvalue weighted by Crippen LogP contribution is -2.32. The van der Waals surface area contributed by atoms with E-state index in [-0.39, 0.29) is 6.61 Å². The fourth-order valence-electron chi connectivity index (χ4n) is 1.98. The van der Waals surface area contributed by atoms with E-state index in [4.69, 9.17) is 16.3 Å². The van der Waals surface area contributed by atoms with Gasteiger partial charge in [0.25, 0.3) is 0 Å². The van der Waals surface area contributed by atoms with Crippen LogP contribution in [0.15, 0.2) is 54.6 Å². The first-order valence-corrected chi connectivity index (χ1v) is 6.07. The summed E-state index contributed by atoms with van der Waals surface area (Å²) in [5, 5.41) is 11.5. The number of aliphatic hydroxyl groups is 1. The van der Waals surface area contributed by atoms with Gasteiger partial charge >= 0.3 is 0 Å². The minimum absolute atomic E-state index is 0.193. The quantitative estimate of drug-likeness (QED) is 0.917. The van der Waals surface area contributed by atoms with Crippen LogP contribution in [0.1, 0.15) is 11.1 Å². The highest BCUT2D eigenvalue weighted by Gasteiger charge is 2.31. The molecule has 0 amide bonds. The molecule has 0 radical (unpaired) electrons. The van der Waals surface area contributed by atoms with Gasteiger partial charge in [-0.2, -0.15) is 0 Å². The lowest BCUT2D eigenvalue weighted by atomic mass is 9.87. The van der Waals surface area contributed by atoms with Gasteiger partial charge in [0.1, 0.15) is 5.60 Å². The molecule has 2 aromatic rings. The summed E-state index contributed by atoms with van der Waals surface area (Å²) in [6.07, 6.45) is 0. The molecule has 0 saturated carbocycles. The van der Waals surface area contributed by atoms with E-state index in [1.807, 2.05) is 42.5 Å². The van der Waals surface area contributed by atoms with Crippen LogP contribution in [-0.2, 0) is 10.3 Å². The Morgan fingerprint density at radius 3 is 2.11 bits per heavy atom. The molecule has 0 fully saturated rings. The molecule has 0 aromatic heterocycles. The minimum Gasteiger partial charge on any atom is -0.381 e. The molecular formula is C15H15ClO2. The molecule has 0 saturated heterocycles. The molecule has 0 aliphatic rings. The normalized spacial score (nSPS) is 14.2. The molecule has 2 rings (SSSR count). The second-order valence-corrected chi connectivity index (χ2v) is 4.60. The second-order valence-electron chi connectivity index (χ2n) is 4.17. The largest absolute Gasteiger partial charge is 0.381 e. The fraction of sp³-hybridized carbons (Fsp3) is 0.200. The maximum atomic E-state index is 10.9. The van der Waals surface area contributed by atoms with Gasteiger partial charge in [0.15, 0.2) is 0 Å². The van der Waals surface area contributed by atoms with Crippen molar-refractivity contribution in [3.8, 4) is 0 Å². The highest BCUT2D eigenvalue weighted by molar-refractivity contribution is 6.30. The number of hydrogen-bond donors (Lipinski definition) is 1. The zero-order valence-electron chi connectivity index (χ0n) is 10.1. The van der Waals surface area contributed by atoms with E-state index >= 15 is 0 Å². The average Bonchev–Trinajstić information content (AvgIpc) is 2.40. The number of hydrogen-bond acceptors (Lipinski definition) is 2. The van der Waals surface area contributed by atoms with Crippen LogP contribution in [0.25, 0.3) is 0 Å². The molecule has 0 aliphatic heterocycles. The molecule has 3 heteroatoms. The fourth-order valence-corrected chi connectivity index (χ4v) is 2.11. The van der Waals surface area contributed by atoms with Gasteiger partial charge in [0.05, 0.1) is 6.61 Å². The number of ether oxygens (including phenoxy) is 1. The number of halogens is 1. The first kappa shape index (κ1) is 13.1. The maximum absolute atomic E-state index is 10.9. The van der Waals surface area contributed by atoms with Crippen molar-refractivity contribution in [2.24, 2.45) is 0 Å². The highest BCUT2D eigenvalue weighted by atomic mass is 35.5. The predicted octanol–water partition coefficient (Wildman–Crippen LogP) is 3.22. The van der Waals surface area contributed by atoms with Crippen molar-refractivity contribution >= 4 is 11.6 Å². The van der Waals surface area contributed by atoms with Gasteiger partial charge in [-0.25, -0.2) is 0 Å². The van der Waals surface area contributed by atoms with Crippen molar-refractivity contribution < 1.29 is 9.84 Å². The zero-order valence-corrected chi connectivity index (χ0v) is 10.9. The Morgan fingerprint density at radius 1 is 1.00 bits per heavy atom. The van der Waals surface area contributed by atoms with Gasteiger partial charge in [-0.05, 0) is 23.3 Å². The minimum atomic E-state index is -1.15. The summed E-state index contributed by atoms with van der Waals surface area (Å²) in [4.78, 5) is 0. The molecule has 18 heavy (non-hydrogen) atoms. The van der Waals surface area contributed by atoms with Crippen LogP contribution in [-0.4, -0.2) is 18.8 Å². The molecule has 0 bridgehead atoms. The average molecular weight is 263 g/mol. The highest BCUT2D eigenvalue weighted by Crippen LogP contribution is 2.30. The monoisotopic (exact) mass is 262 g/mol. The molecule has 1 N–H and O–H groups in total. The van der Waals surface area contributed by atoms with Gasteiger partial charge in [-0.3, -0.25) is 0 Å². The number of benzene rings is 2. The van der Waals surface area contributed by atoms with Gasteiger partial charge in [-0.15, -0.1) is 0 Å². The molecule has 94 valence electrons. The van der Waals surface area contributed by atoms with Crippen molar-refractivity contribution in [1.29, 1.82) is 0 Å². The van der Waals surface area contributed by atoms with Crippen molar-refractivity contribution in [3.05, 3.63) is 70.7 Å². The van der Waals surface area contributed by atoms with Crippen molar-refractivity contribution in [2.75, 3.05) is 13.7 Å². The van der Waals surface area contributed by atoms with Crippen molar-refractivity contribution in [1.82, 2.24) is 0 Å². The van der Waals surface area contributed by atoms with Gasteiger partial charge in [0.2, 0.25) is 0 Å². The van der Waals surface area contributed by atoms with Gasteiger partial charge in [0, 0.05) is 12.1 Å². The van der Waals surface area contributed by atoms with Crippen LogP contribution < -0.4 is 0 Å². The molecule has 0 aliphatic carbocycles. The number of rotatable bonds is 4. The van der Waals surface area contributed by atoms with E-state index in [9.17, 15) is 5.11 Å². The van der Waals surface area contributed by atoms with Crippen LogP contribution >= 0.6 is 11.6 Å². The standard InChI is InChI=1S/C15H15ClO2/c1-18-11-15(17,12-5-3-2-4-6-12)13-7-9-14(16)10-8-13/h2-10,17H,11H2,1H3. The SMILES string of the molecule is COCC(O)(c1ccccc1)c1ccc(Cl)cc1. The molecule has 0 heterocycles. The van der Waals surface area contributed by atoms with Crippen LogP contribution in [0.4, 0.5) is 0 Å². The van der Waals surface area contributed by atoms with Gasteiger partial charge in [-0.1, -0.05) is 54.1 Å². The summed E-state index contributed by atoms with van der Waals surface area (Å²) < 4.78 is 5.16. The predicted molar refractivity (Wildman–Crippen MR) is 72.8 cm³/mol. The van der Waals surface area contributed by atoms with Crippen LogP contribution in [0, 0.1) is 0 Å². The summed E-state index contributed by atoms with van der Waals surface area (Å²) in [5.74, 6) is 0. The van der Waals surface area contributed by atoms with E-state index in [2.05, 4.69) is 0 Å². The lowest BCUT2D eigenvalue weighted by molar-refractivity contribution is -0.00327. The Morgan fingerprint density at radius 2 is 1.56 bits per heavy atom. The van der Waals surface area contributed by atoms with E-state index in [0.717, 1.165) is 11.1 Å². The van der Waals surface area contributed by atoms with Crippen molar-refractivity contribution in [2.45, 2.75) is 5.60 Å². The molecule has 2 nitrogen and oxygen atoms in total. The Labute approximate surface area is 112 Å². The van der Waals surface area contributed by atoms with Crippen LogP contribution in [0.5, 0.6) is 0 Å². The Kier molecular flexibility index (Phi) is 4.02. The molecule has 2 aromatic carbocycles. The van der Waals surface area contributed by atoms with E-state index in [1.165, 1.54) is 0 Å². The second kappa shape index (κ2) is 5.53. The van der Waals surface area contributed by atoms with Crippen LogP contribution in [0.3, 0.4) is 0 Å². The smallest absolute Gasteiger partial charge is 0.138 e. The summed E-state index contributed by atoms with van der Waals surface area (Å²) in [6.45, 7) is 0.193. The maximum Gasteiger partial charge on any atom is 0.138 e. The molecule has 0 spiro atoms. The third-order valence-electron chi connectivity index (χ3n) is 2.93. The Hall–Kier alpha value is -1.35. The first-order valence-electron chi connectivity index (χ1n) is 5.70. The zero-order chi connectivity index (χ0) is 13.0. The van der Waals surface area contributed by atoms with E-state index in [0.29, 0.717) is 5.02 Å². The first-order chi connectivity index (χ1) is 8.66.